The second-order valence-electron chi connectivity index (χ2n) is 8.91. The minimum atomic E-state index is -5.39. The molecule has 0 amide bonds. The van der Waals surface area contributed by atoms with E-state index in [2.05, 4.69) is 50.1 Å². The molecule has 0 saturated carbocycles. The number of hydrogen-bond acceptors (Lipinski definition) is 4. The van der Waals surface area contributed by atoms with Crippen LogP contribution in [0.5, 0.6) is 0 Å². The van der Waals surface area contributed by atoms with Gasteiger partial charge in [-0.1, -0.05) is 54.6 Å². The number of phosphoric acid groups is 1. The largest absolute Gasteiger partial charge is 0.822 e. The van der Waals surface area contributed by atoms with Gasteiger partial charge in [-0.25, -0.2) is 27.4 Å². The molecule has 6 aromatic rings. The summed E-state index contributed by atoms with van der Waals surface area (Å²) in [7, 11) is 0.651. The zero-order chi connectivity index (χ0) is 29.7. The maximum atomic E-state index is 8.55. The van der Waals surface area contributed by atoms with Crippen LogP contribution in [0.1, 0.15) is 0 Å². The molecule has 3 aromatic heterocycles. The number of aromatic nitrogens is 6. The van der Waals surface area contributed by atoms with Crippen LogP contribution in [-0.4, -0.2) is 13.7 Å². The standard InChI is InChI=1S/3C10H11N2.H3O4P/c3*1-11-7-8-12(9-11)10-5-3-2-4-6-10;1-5(2,3)4/h3*2-9H,1H3;(H3,1,2,3,4)/q3*+1;/p-3. The molecule has 0 spiro atoms. The predicted octanol–water partition coefficient (Wildman–Crippen LogP) is 1.08. The Morgan fingerprint density at radius 3 is 0.878 bits per heavy atom. The molecule has 0 bridgehead atoms. The fourth-order valence-electron chi connectivity index (χ4n) is 3.61. The molecule has 0 unspecified atom stereocenters. The fourth-order valence-corrected chi connectivity index (χ4v) is 3.61. The third kappa shape index (κ3) is 11.6. The first-order valence-electron chi connectivity index (χ1n) is 12.6. The van der Waals surface area contributed by atoms with Crippen molar-refractivity contribution in [2.45, 2.75) is 0 Å². The van der Waals surface area contributed by atoms with Gasteiger partial charge in [0.25, 0.3) is 0 Å². The highest BCUT2D eigenvalue weighted by Gasteiger charge is 2.02. The second-order valence-corrected chi connectivity index (χ2v) is 9.81. The Hall–Kier alpha value is -4.60. The lowest BCUT2D eigenvalue weighted by Crippen LogP contribution is -2.24. The average Bonchev–Trinajstić information content (AvgIpc) is 3.71. The summed E-state index contributed by atoms with van der Waals surface area (Å²) in [5, 5.41) is 0. The molecule has 0 aliphatic heterocycles. The lowest BCUT2D eigenvalue weighted by molar-refractivity contribution is -0.670. The van der Waals surface area contributed by atoms with E-state index in [1.807, 2.05) is 146 Å². The van der Waals surface area contributed by atoms with Gasteiger partial charge in [-0.2, -0.15) is 7.82 Å². The van der Waals surface area contributed by atoms with Crippen molar-refractivity contribution >= 4 is 7.82 Å². The molecule has 0 aliphatic rings. The van der Waals surface area contributed by atoms with Crippen LogP contribution in [0.15, 0.2) is 147 Å². The van der Waals surface area contributed by atoms with E-state index < -0.39 is 7.82 Å². The van der Waals surface area contributed by atoms with E-state index in [1.165, 1.54) is 17.1 Å². The Labute approximate surface area is 239 Å². The highest BCUT2D eigenvalue weighted by Crippen LogP contribution is 2.06. The van der Waals surface area contributed by atoms with Crippen LogP contribution in [0.25, 0.3) is 17.1 Å². The fraction of sp³-hybridized carbons (Fsp3) is 0.100. The monoisotopic (exact) mass is 572 g/mol. The molecule has 6 rings (SSSR count). The Balaban J connectivity index is 0.000000157. The first-order chi connectivity index (χ1) is 19.6. The number of hydrogen-bond donors (Lipinski definition) is 0. The van der Waals surface area contributed by atoms with Crippen molar-refractivity contribution in [3.63, 3.8) is 0 Å². The first kappa shape index (κ1) is 30.9. The summed E-state index contributed by atoms with van der Waals surface area (Å²) in [4.78, 5) is 25.6. The summed E-state index contributed by atoms with van der Waals surface area (Å²) in [6.45, 7) is 0. The zero-order valence-corrected chi connectivity index (χ0v) is 24.0. The third-order valence-corrected chi connectivity index (χ3v) is 5.47. The maximum absolute atomic E-state index is 8.55. The number of para-hydroxylation sites is 3. The van der Waals surface area contributed by atoms with Crippen molar-refractivity contribution in [3.8, 4) is 17.1 Å². The number of benzene rings is 3. The van der Waals surface area contributed by atoms with E-state index in [0.29, 0.717) is 0 Å². The van der Waals surface area contributed by atoms with Gasteiger partial charge < -0.3 is 19.2 Å². The number of aryl methyl sites for hydroxylation is 3. The molecule has 0 N–H and O–H groups in total. The van der Waals surface area contributed by atoms with Crippen LogP contribution in [0.4, 0.5) is 0 Å². The van der Waals surface area contributed by atoms with Crippen molar-refractivity contribution in [1.29, 1.82) is 0 Å². The Bertz CT molecular complexity index is 1440. The lowest BCUT2D eigenvalue weighted by atomic mass is 10.3. The van der Waals surface area contributed by atoms with E-state index in [4.69, 9.17) is 19.2 Å². The van der Waals surface area contributed by atoms with E-state index in [-0.39, 0.29) is 0 Å². The van der Waals surface area contributed by atoms with Crippen LogP contribution in [0.2, 0.25) is 0 Å². The topological polar surface area (TPSA) is 113 Å². The molecule has 212 valence electrons. The van der Waals surface area contributed by atoms with Gasteiger partial charge in [-0.15, -0.1) is 0 Å². The molecule has 10 nitrogen and oxygen atoms in total. The predicted molar refractivity (Wildman–Crippen MR) is 148 cm³/mol. The van der Waals surface area contributed by atoms with Crippen LogP contribution in [0.3, 0.4) is 0 Å². The molecule has 3 aromatic carbocycles. The molecule has 0 saturated heterocycles. The Morgan fingerprint density at radius 2 is 0.707 bits per heavy atom. The van der Waals surface area contributed by atoms with Gasteiger partial charge in [0, 0.05) is 0 Å². The van der Waals surface area contributed by atoms with Gasteiger partial charge in [0.2, 0.25) is 19.0 Å². The molecular weight excluding hydrogens is 539 g/mol. The van der Waals surface area contributed by atoms with Gasteiger partial charge in [-0.3, -0.25) is 0 Å². The first-order valence-corrected chi connectivity index (χ1v) is 14.0. The highest BCUT2D eigenvalue weighted by molar-refractivity contribution is 7.40. The molecule has 11 heteroatoms. The highest BCUT2D eigenvalue weighted by atomic mass is 31.2. The summed E-state index contributed by atoms with van der Waals surface area (Å²) in [5.41, 5.74) is 3.58. The normalized spacial score (nSPS) is 10.3. The van der Waals surface area contributed by atoms with Crippen molar-refractivity contribution in [3.05, 3.63) is 147 Å². The Morgan fingerprint density at radius 1 is 0.488 bits per heavy atom. The molecule has 0 fully saturated rings. The second kappa shape index (κ2) is 15.3. The number of nitrogens with zero attached hydrogens (tertiary/aromatic N) is 6. The van der Waals surface area contributed by atoms with Gasteiger partial charge in [-0.05, 0) is 36.4 Å². The summed E-state index contributed by atoms with van der Waals surface area (Å²) in [6, 6.07) is 30.8. The van der Waals surface area contributed by atoms with Gasteiger partial charge >= 0.3 is 0 Å². The third-order valence-electron chi connectivity index (χ3n) is 5.47. The molecular formula is C30H33N6O4P. The maximum Gasteiger partial charge on any atom is 0.248 e. The molecule has 41 heavy (non-hydrogen) atoms. The quantitative estimate of drug-likeness (QED) is 0.233. The van der Waals surface area contributed by atoms with Crippen LogP contribution in [0, 0.1) is 0 Å². The lowest BCUT2D eigenvalue weighted by Gasteiger charge is -2.36. The van der Waals surface area contributed by atoms with Crippen LogP contribution >= 0.6 is 7.82 Å². The van der Waals surface area contributed by atoms with Gasteiger partial charge in [0.1, 0.15) is 54.2 Å². The minimum Gasteiger partial charge on any atom is -0.822 e. The minimum absolute atomic E-state index is 1.19. The van der Waals surface area contributed by atoms with E-state index in [9.17, 15) is 0 Å². The van der Waals surface area contributed by atoms with E-state index in [1.54, 1.807) is 0 Å². The smallest absolute Gasteiger partial charge is 0.248 e. The molecule has 3 heterocycles. The van der Waals surface area contributed by atoms with Crippen LogP contribution < -0.4 is 28.4 Å². The van der Waals surface area contributed by atoms with Crippen LogP contribution in [-0.2, 0) is 25.7 Å². The average molecular weight is 573 g/mol. The summed E-state index contributed by atoms with van der Waals surface area (Å²) in [6.07, 6.45) is 18.3. The summed E-state index contributed by atoms with van der Waals surface area (Å²) in [5.74, 6) is 0. The molecule has 0 atom stereocenters. The van der Waals surface area contributed by atoms with Crippen molar-refractivity contribution in [1.82, 2.24) is 13.7 Å². The molecule has 0 aliphatic carbocycles. The SMILES string of the molecule is C[n+]1ccn(-c2ccccc2)c1.C[n+]1ccn(-c2ccccc2)c1.C[n+]1ccn(-c2ccccc2)c1.O=P([O-])([O-])[O-]. The Kier molecular flexibility index (Phi) is 11.5. The number of rotatable bonds is 3. The van der Waals surface area contributed by atoms with Crippen molar-refractivity contribution < 1.29 is 32.9 Å². The van der Waals surface area contributed by atoms with E-state index in [0.717, 1.165) is 0 Å². The number of imidazole rings is 3. The van der Waals surface area contributed by atoms with E-state index >= 15 is 0 Å². The van der Waals surface area contributed by atoms with Crippen molar-refractivity contribution in [2.24, 2.45) is 21.1 Å². The summed E-state index contributed by atoms with van der Waals surface area (Å²) >= 11 is 0. The molecule has 0 radical (unpaired) electrons. The zero-order valence-electron chi connectivity index (χ0n) is 23.1. The summed E-state index contributed by atoms with van der Waals surface area (Å²) < 4.78 is 20.9. The van der Waals surface area contributed by atoms with Gasteiger partial charge in [0.05, 0.1) is 21.1 Å². The van der Waals surface area contributed by atoms with Crippen molar-refractivity contribution in [2.75, 3.05) is 0 Å². The van der Waals surface area contributed by atoms with Gasteiger partial charge in [0.15, 0.2) is 0 Å².